The molecule has 5 unspecified atom stereocenters. The van der Waals surface area contributed by atoms with E-state index in [1.54, 1.807) is 0 Å². The minimum absolute atomic E-state index is 0.0507. The summed E-state index contributed by atoms with van der Waals surface area (Å²) in [5.41, 5.74) is 1.38. The van der Waals surface area contributed by atoms with Gasteiger partial charge in [0.25, 0.3) is 0 Å². The quantitative estimate of drug-likeness (QED) is 0.714. The van der Waals surface area contributed by atoms with Gasteiger partial charge in [0.15, 0.2) is 0 Å². The van der Waals surface area contributed by atoms with E-state index in [9.17, 15) is 9.90 Å². The highest BCUT2D eigenvalue weighted by atomic mass is 16.3. The number of rotatable bonds is 0. The standard InChI is InChI=1S/C17H25NO2/c1-17-9-8-16(20)18-15(17)7-4-11-10-3-6-14(19)12(10)2-5-13(11)17/h7,10-14,19H,2-6,8-9H2,1H3,(H,18,20)/t10?,11?,12?,13?,14-,17?/m0/s1. The normalized spacial score (nSPS) is 50.6. The highest BCUT2D eigenvalue weighted by molar-refractivity contribution is 5.79. The molecule has 3 aliphatic carbocycles. The SMILES string of the molecule is CC12CCC(=O)NC1=CCC1C3CC[C@H](O)C3CCC12. The van der Waals surface area contributed by atoms with Crippen molar-refractivity contribution in [3.05, 3.63) is 11.8 Å². The Kier molecular flexibility index (Phi) is 2.79. The maximum absolute atomic E-state index is 11.7. The summed E-state index contributed by atoms with van der Waals surface area (Å²) >= 11 is 0. The van der Waals surface area contributed by atoms with Crippen LogP contribution in [0.1, 0.15) is 51.9 Å². The van der Waals surface area contributed by atoms with Crippen LogP contribution in [0.25, 0.3) is 0 Å². The molecule has 1 saturated heterocycles. The molecule has 0 aromatic carbocycles. The molecule has 6 atom stereocenters. The lowest BCUT2D eigenvalue weighted by Crippen LogP contribution is -2.51. The fraction of sp³-hybridized carbons (Fsp3) is 0.824. The van der Waals surface area contributed by atoms with E-state index in [-0.39, 0.29) is 17.4 Å². The number of carbonyl (C=O) groups is 1. The topological polar surface area (TPSA) is 49.3 Å². The molecule has 1 heterocycles. The molecule has 3 fully saturated rings. The zero-order chi connectivity index (χ0) is 13.9. The highest BCUT2D eigenvalue weighted by Crippen LogP contribution is 2.59. The van der Waals surface area contributed by atoms with Gasteiger partial charge in [0.1, 0.15) is 0 Å². The fourth-order valence-corrected chi connectivity index (χ4v) is 5.82. The molecule has 1 amide bonds. The third-order valence-corrected chi connectivity index (χ3v) is 6.89. The van der Waals surface area contributed by atoms with Gasteiger partial charge in [-0.1, -0.05) is 13.0 Å². The number of fused-ring (bicyclic) bond motifs is 5. The van der Waals surface area contributed by atoms with Gasteiger partial charge in [0, 0.05) is 17.5 Å². The lowest BCUT2D eigenvalue weighted by atomic mass is 9.53. The molecular weight excluding hydrogens is 250 g/mol. The molecule has 20 heavy (non-hydrogen) atoms. The Morgan fingerprint density at radius 2 is 2.00 bits per heavy atom. The zero-order valence-electron chi connectivity index (χ0n) is 12.3. The lowest BCUT2D eigenvalue weighted by Gasteiger charge is -2.54. The number of hydrogen-bond acceptors (Lipinski definition) is 2. The maximum Gasteiger partial charge on any atom is 0.224 e. The van der Waals surface area contributed by atoms with Crippen LogP contribution in [0.5, 0.6) is 0 Å². The number of aliphatic hydroxyl groups is 1. The van der Waals surface area contributed by atoms with E-state index in [2.05, 4.69) is 18.3 Å². The molecule has 0 spiro atoms. The Bertz CT molecular complexity index is 472. The Labute approximate surface area is 120 Å². The minimum atomic E-state index is -0.0507. The molecule has 2 saturated carbocycles. The second-order valence-electron chi connectivity index (χ2n) is 7.64. The van der Waals surface area contributed by atoms with Crippen LogP contribution in [0, 0.1) is 29.1 Å². The Balaban J connectivity index is 1.66. The van der Waals surface area contributed by atoms with Gasteiger partial charge in [0.05, 0.1) is 6.10 Å². The third kappa shape index (κ3) is 1.65. The van der Waals surface area contributed by atoms with E-state index in [4.69, 9.17) is 0 Å². The average molecular weight is 275 g/mol. The molecule has 110 valence electrons. The number of hydrogen-bond donors (Lipinski definition) is 2. The molecule has 4 rings (SSSR count). The van der Waals surface area contributed by atoms with E-state index >= 15 is 0 Å². The summed E-state index contributed by atoms with van der Waals surface area (Å²) in [6.45, 7) is 2.36. The van der Waals surface area contributed by atoms with E-state index in [0.29, 0.717) is 18.3 Å². The Morgan fingerprint density at radius 3 is 2.85 bits per heavy atom. The van der Waals surface area contributed by atoms with E-state index in [1.165, 1.54) is 25.0 Å². The summed E-state index contributed by atoms with van der Waals surface area (Å²) in [6.07, 6.45) is 9.65. The van der Waals surface area contributed by atoms with Gasteiger partial charge in [0.2, 0.25) is 5.91 Å². The molecule has 0 aromatic heterocycles. The van der Waals surface area contributed by atoms with E-state index in [0.717, 1.165) is 31.1 Å². The zero-order valence-corrected chi connectivity index (χ0v) is 12.3. The van der Waals surface area contributed by atoms with Crippen LogP contribution in [-0.4, -0.2) is 17.1 Å². The van der Waals surface area contributed by atoms with E-state index in [1.807, 2.05) is 0 Å². The second-order valence-corrected chi connectivity index (χ2v) is 7.64. The van der Waals surface area contributed by atoms with Gasteiger partial charge >= 0.3 is 0 Å². The average Bonchev–Trinajstić information content (AvgIpc) is 2.82. The van der Waals surface area contributed by atoms with Crippen molar-refractivity contribution in [2.24, 2.45) is 29.1 Å². The third-order valence-electron chi connectivity index (χ3n) is 6.89. The van der Waals surface area contributed by atoms with Gasteiger partial charge in [-0.05, 0) is 62.2 Å². The number of nitrogens with one attached hydrogen (secondary N) is 1. The molecule has 2 N–H and O–H groups in total. The second kappa shape index (κ2) is 4.33. The first-order valence-corrected chi connectivity index (χ1v) is 8.28. The molecule has 1 aliphatic heterocycles. The van der Waals surface area contributed by atoms with Gasteiger partial charge in [-0.25, -0.2) is 0 Å². The fourth-order valence-electron chi connectivity index (χ4n) is 5.82. The highest BCUT2D eigenvalue weighted by Gasteiger charge is 2.54. The monoisotopic (exact) mass is 275 g/mol. The predicted octanol–water partition coefficient (Wildman–Crippen LogP) is 2.60. The van der Waals surface area contributed by atoms with Crippen LogP contribution in [-0.2, 0) is 4.79 Å². The molecule has 0 aromatic rings. The van der Waals surface area contributed by atoms with Crippen molar-refractivity contribution < 1.29 is 9.90 Å². The number of amides is 1. The van der Waals surface area contributed by atoms with Gasteiger partial charge < -0.3 is 10.4 Å². The molecular formula is C17H25NO2. The number of carbonyl (C=O) groups excluding carboxylic acids is 1. The first-order chi connectivity index (χ1) is 9.59. The molecule has 0 radical (unpaired) electrons. The molecule has 4 aliphatic rings. The Hall–Kier alpha value is -0.830. The van der Waals surface area contributed by atoms with E-state index < -0.39 is 0 Å². The number of allylic oxidation sites excluding steroid dienone is 2. The van der Waals surface area contributed by atoms with Crippen LogP contribution in [0.2, 0.25) is 0 Å². The molecule has 3 nitrogen and oxygen atoms in total. The summed E-state index contributed by atoms with van der Waals surface area (Å²) in [7, 11) is 0. The smallest absolute Gasteiger partial charge is 0.224 e. The largest absolute Gasteiger partial charge is 0.393 e. The summed E-state index contributed by atoms with van der Waals surface area (Å²) in [6, 6.07) is 0. The van der Waals surface area contributed by atoms with Crippen molar-refractivity contribution in [2.45, 2.75) is 58.0 Å². The van der Waals surface area contributed by atoms with Gasteiger partial charge in [-0.3, -0.25) is 4.79 Å². The van der Waals surface area contributed by atoms with Crippen molar-refractivity contribution in [2.75, 3.05) is 0 Å². The van der Waals surface area contributed by atoms with Crippen LogP contribution < -0.4 is 5.32 Å². The van der Waals surface area contributed by atoms with Crippen molar-refractivity contribution >= 4 is 5.91 Å². The predicted molar refractivity (Wildman–Crippen MR) is 76.6 cm³/mol. The van der Waals surface area contributed by atoms with Crippen molar-refractivity contribution in [3.63, 3.8) is 0 Å². The maximum atomic E-state index is 11.7. The van der Waals surface area contributed by atoms with Crippen LogP contribution in [0.3, 0.4) is 0 Å². The summed E-state index contributed by atoms with van der Waals surface area (Å²) in [5.74, 6) is 2.89. The lowest BCUT2D eigenvalue weighted by molar-refractivity contribution is -0.124. The summed E-state index contributed by atoms with van der Waals surface area (Å²) in [4.78, 5) is 11.7. The summed E-state index contributed by atoms with van der Waals surface area (Å²) in [5, 5.41) is 13.3. The minimum Gasteiger partial charge on any atom is -0.393 e. The summed E-state index contributed by atoms with van der Waals surface area (Å²) < 4.78 is 0. The van der Waals surface area contributed by atoms with Crippen molar-refractivity contribution in [1.82, 2.24) is 5.32 Å². The number of piperidine rings is 1. The van der Waals surface area contributed by atoms with Gasteiger partial charge in [-0.15, -0.1) is 0 Å². The molecule has 0 bridgehead atoms. The van der Waals surface area contributed by atoms with Crippen LogP contribution in [0.4, 0.5) is 0 Å². The van der Waals surface area contributed by atoms with Crippen LogP contribution >= 0.6 is 0 Å². The van der Waals surface area contributed by atoms with Gasteiger partial charge in [-0.2, -0.15) is 0 Å². The first-order valence-electron chi connectivity index (χ1n) is 8.28. The molecule has 3 heteroatoms. The number of aliphatic hydroxyl groups excluding tert-OH is 1. The Morgan fingerprint density at radius 1 is 1.20 bits per heavy atom. The first kappa shape index (κ1) is 12.9. The van der Waals surface area contributed by atoms with Crippen molar-refractivity contribution in [3.8, 4) is 0 Å². The van der Waals surface area contributed by atoms with Crippen LogP contribution in [0.15, 0.2) is 11.8 Å². The van der Waals surface area contributed by atoms with Crippen molar-refractivity contribution in [1.29, 1.82) is 0 Å².